The van der Waals surface area contributed by atoms with Crippen LogP contribution in [-0.2, 0) is 12.8 Å². The maximum Gasteiger partial charge on any atom is 0.138 e. The monoisotopic (exact) mass is 440 g/mol. The van der Waals surface area contributed by atoms with Crippen LogP contribution in [0.25, 0.3) is 0 Å². The Morgan fingerprint density at radius 3 is 2.29 bits per heavy atom. The molecule has 1 aliphatic heterocycles. The first kappa shape index (κ1) is 21.6. The third kappa shape index (κ3) is 5.27. The summed E-state index contributed by atoms with van der Waals surface area (Å²) < 4.78 is 5.97. The Morgan fingerprint density at radius 1 is 0.893 bits per heavy atom. The average molecular weight is 442 g/mol. The molecule has 0 saturated carbocycles. The van der Waals surface area contributed by atoms with Gasteiger partial charge in [-0.2, -0.15) is 0 Å². The summed E-state index contributed by atoms with van der Waals surface area (Å²) in [4.78, 5) is 4.94. The normalized spacial score (nSPS) is 16.6. The van der Waals surface area contributed by atoms with Gasteiger partial charge >= 0.3 is 0 Å². The first-order valence-electron chi connectivity index (χ1n) is 9.86. The van der Waals surface area contributed by atoms with Gasteiger partial charge in [-0.1, -0.05) is 23.2 Å². The van der Waals surface area contributed by atoms with Crippen LogP contribution in [0.2, 0.25) is 10.0 Å². The number of anilines is 1. The number of piperazine rings is 1. The van der Waals surface area contributed by atoms with Gasteiger partial charge in [0.25, 0.3) is 0 Å². The van der Waals surface area contributed by atoms with Crippen molar-refractivity contribution in [2.24, 2.45) is 0 Å². The molecule has 0 radical (unpaired) electrons. The average Bonchev–Trinajstić information content (AvgIpc) is 3.13. The second-order valence-electron chi connectivity index (χ2n) is 7.41. The lowest BCUT2D eigenvalue weighted by Gasteiger charge is -2.36. The van der Waals surface area contributed by atoms with Crippen molar-refractivity contribution in [1.29, 1.82) is 0 Å². The smallest absolute Gasteiger partial charge is 0.138 e. The summed E-state index contributed by atoms with van der Waals surface area (Å²) in [5.41, 5.74) is 4.06. The van der Waals surface area contributed by atoms with Crippen molar-refractivity contribution in [2.75, 3.05) is 44.2 Å². The second-order valence-corrected chi connectivity index (χ2v) is 8.26. The van der Waals surface area contributed by atoms with Gasteiger partial charge < -0.3 is 9.64 Å². The van der Waals surface area contributed by atoms with Crippen LogP contribution in [-0.4, -0.2) is 44.2 Å². The van der Waals surface area contributed by atoms with E-state index in [4.69, 9.17) is 27.9 Å². The van der Waals surface area contributed by atoms with Crippen LogP contribution >= 0.6 is 35.6 Å². The highest BCUT2D eigenvalue weighted by atomic mass is 35.5. The number of benzene rings is 2. The molecule has 1 fully saturated rings. The van der Waals surface area contributed by atoms with Crippen LogP contribution in [0, 0.1) is 0 Å². The van der Waals surface area contributed by atoms with Gasteiger partial charge in [-0.3, -0.25) is 4.90 Å². The van der Waals surface area contributed by atoms with E-state index in [1.165, 1.54) is 23.2 Å². The zero-order valence-corrected chi connectivity index (χ0v) is 18.3. The van der Waals surface area contributed by atoms with Crippen molar-refractivity contribution in [3.63, 3.8) is 0 Å². The molecule has 0 atom stereocenters. The summed E-state index contributed by atoms with van der Waals surface area (Å²) in [5.74, 6) is 0.852. The second kappa shape index (κ2) is 10.1. The quantitative estimate of drug-likeness (QED) is 0.551. The van der Waals surface area contributed by atoms with Gasteiger partial charge in [0.1, 0.15) is 5.75 Å². The molecule has 28 heavy (non-hydrogen) atoms. The third-order valence-corrected chi connectivity index (χ3v) is 6.13. The van der Waals surface area contributed by atoms with Gasteiger partial charge in [0, 0.05) is 43.4 Å². The van der Waals surface area contributed by atoms with E-state index in [9.17, 15) is 0 Å². The molecule has 1 aliphatic carbocycles. The molecule has 6 heteroatoms. The molecule has 2 aromatic carbocycles. The van der Waals surface area contributed by atoms with Gasteiger partial charge in [-0.05, 0) is 73.2 Å². The largest absolute Gasteiger partial charge is 0.492 e. The molecule has 3 nitrogen and oxygen atoms in total. The minimum absolute atomic E-state index is 0. The number of aryl methyl sites for hydroxylation is 2. The van der Waals surface area contributed by atoms with E-state index in [0.29, 0.717) is 0 Å². The van der Waals surface area contributed by atoms with E-state index in [1.54, 1.807) is 0 Å². The van der Waals surface area contributed by atoms with Gasteiger partial charge in [0.05, 0.1) is 11.6 Å². The summed E-state index contributed by atoms with van der Waals surface area (Å²) in [6.07, 6.45) is 4.56. The first-order chi connectivity index (χ1) is 13.2. The molecule has 0 amide bonds. The molecule has 0 spiro atoms. The first-order valence-corrected chi connectivity index (χ1v) is 10.6. The van der Waals surface area contributed by atoms with Crippen LogP contribution in [0.15, 0.2) is 36.4 Å². The predicted molar refractivity (Wildman–Crippen MR) is 121 cm³/mol. The summed E-state index contributed by atoms with van der Waals surface area (Å²) in [5, 5.41) is 1.55. The SMILES string of the molecule is Cl.Clc1ccc(N2CCN(CCCOc3cc4c(cc3Cl)CCC4)CC2)cc1. The van der Waals surface area contributed by atoms with Gasteiger partial charge in [0.15, 0.2) is 0 Å². The summed E-state index contributed by atoms with van der Waals surface area (Å²) >= 11 is 12.3. The minimum atomic E-state index is 0. The number of hydrogen-bond donors (Lipinski definition) is 0. The Hall–Kier alpha value is -1.13. The molecule has 0 aromatic heterocycles. The number of hydrogen-bond acceptors (Lipinski definition) is 3. The molecule has 152 valence electrons. The molecule has 4 rings (SSSR count). The highest BCUT2D eigenvalue weighted by Gasteiger charge is 2.17. The summed E-state index contributed by atoms with van der Waals surface area (Å²) in [6.45, 7) is 6.07. The highest BCUT2D eigenvalue weighted by molar-refractivity contribution is 6.32. The fraction of sp³-hybridized carbons (Fsp3) is 0.455. The van der Waals surface area contributed by atoms with Crippen molar-refractivity contribution in [3.8, 4) is 5.75 Å². The van der Waals surface area contributed by atoms with E-state index in [-0.39, 0.29) is 12.4 Å². The zero-order chi connectivity index (χ0) is 18.6. The Bertz CT molecular complexity index is 774. The van der Waals surface area contributed by atoms with E-state index in [2.05, 4.69) is 34.1 Å². The predicted octanol–water partition coefficient (Wildman–Crippen LogP) is 5.50. The maximum absolute atomic E-state index is 6.37. The molecular formula is C22H27Cl3N2O. The van der Waals surface area contributed by atoms with Crippen LogP contribution in [0.3, 0.4) is 0 Å². The molecule has 1 heterocycles. The standard InChI is InChI=1S/C22H26Cl2N2O.ClH/c23-19-5-7-20(8-6-19)26-12-10-25(11-13-26)9-2-14-27-22-16-18-4-1-3-17(18)15-21(22)24;/h5-8,15-16H,1-4,9-14H2;1H. The van der Waals surface area contributed by atoms with Crippen molar-refractivity contribution < 1.29 is 4.74 Å². The lowest BCUT2D eigenvalue weighted by atomic mass is 10.1. The third-order valence-electron chi connectivity index (χ3n) is 5.59. The van der Waals surface area contributed by atoms with E-state index in [0.717, 1.165) is 74.4 Å². The lowest BCUT2D eigenvalue weighted by molar-refractivity contribution is 0.225. The molecule has 2 aromatic rings. The van der Waals surface area contributed by atoms with Crippen molar-refractivity contribution in [2.45, 2.75) is 25.7 Å². The van der Waals surface area contributed by atoms with Crippen LogP contribution in [0.1, 0.15) is 24.0 Å². The fourth-order valence-corrected chi connectivity index (χ4v) is 4.40. The number of nitrogens with zero attached hydrogens (tertiary/aromatic N) is 2. The molecule has 0 unspecified atom stereocenters. The minimum Gasteiger partial charge on any atom is -0.492 e. The highest BCUT2D eigenvalue weighted by Crippen LogP contribution is 2.33. The Balaban J connectivity index is 0.00000225. The van der Waals surface area contributed by atoms with Crippen molar-refractivity contribution >= 4 is 41.3 Å². The van der Waals surface area contributed by atoms with Gasteiger partial charge in [-0.15, -0.1) is 12.4 Å². The Kier molecular flexibility index (Phi) is 7.76. The molecule has 0 N–H and O–H groups in total. The van der Waals surface area contributed by atoms with E-state index >= 15 is 0 Å². The van der Waals surface area contributed by atoms with E-state index < -0.39 is 0 Å². The Morgan fingerprint density at radius 2 is 1.57 bits per heavy atom. The summed E-state index contributed by atoms with van der Waals surface area (Å²) in [6, 6.07) is 12.4. The number of rotatable bonds is 6. The fourth-order valence-electron chi connectivity index (χ4n) is 4.03. The van der Waals surface area contributed by atoms with Gasteiger partial charge in [-0.25, -0.2) is 0 Å². The topological polar surface area (TPSA) is 15.7 Å². The number of fused-ring (bicyclic) bond motifs is 1. The van der Waals surface area contributed by atoms with Crippen LogP contribution < -0.4 is 9.64 Å². The zero-order valence-electron chi connectivity index (χ0n) is 16.0. The lowest BCUT2D eigenvalue weighted by Crippen LogP contribution is -2.46. The van der Waals surface area contributed by atoms with Crippen molar-refractivity contribution in [1.82, 2.24) is 4.90 Å². The number of ether oxygens (including phenoxy) is 1. The molecule has 2 aliphatic rings. The molecule has 0 bridgehead atoms. The molecular weight excluding hydrogens is 415 g/mol. The summed E-state index contributed by atoms with van der Waals surface area (Å²) in [7, 11) is 0. The van der Waals surface area contributed by atoms with Crippen molar-refractivity contribution in [3.05, 3.63) is 57.6 Å². The van der Waals surface area contributed by atoms with Crippen LogP contribution in [0.5, 0.6) is 5.75 Å². The number of halogens is 3. The molecule has 1 saturated heterocycles. The maximum atomic E-state index is 6.37. The van der Waals surface area contributed by atoms with Crippen LogP contribution in [0.4, 0.5) is 5.69 Å². The van der Waals surface area contributed by atoms with E-state index in [1.807, 2.05) is 12.1 Å². The van der Waals surface area contributed by atoms with Gasteiger partial charge in [0.2, 0.25) is 0 Å². The Labute approximate surface area is 184 Å².